The van der Waals surface area contributed by atoms with Crippen molar-refractivity contribution in [2.24, 2.45) is 0 Å². The number of benzene rings is 1. The summed E-state index contributed by atoms with van der Waals surface area (Å²) in [7, 11) is 1.64. The van der Waals surface area contributed by atoms with Crippen LogP contribution in [0.5, 0.6) is 0 Å². The molecule has 114 valence electrons. The van der Waals surface area contributed by atoms with E-state index < -0.39 is 0 Å². The SMILES string of the molecule is COCCc1nc(-n2ccnc2)nc2ccc(CO)c(N)c12. The van der Waals surface area contributed by atoms with E-state index in [1.54, 1.807) is 36.5 Å². The summed E-state index contributed by atoms with van der Waals surface area (Å²) in [6, 6.07) is 3.62. The first-order valence-corrected chi connectivity index (χ1v) is 6.90. The number of anilines is 1. The van der Waals surface area contributed by atoms with E-state index in [1.807, 2.05) is 6.07 Å². The number of hydrogen-bond donors (Lipinski definition) is 2. The van der Waals surface area contributed by atoms with Crippen molar-refractivity contribution in [2.45, 2.75) is 13.0 Å². The molecule has 0 aliphatic carbocycles. The Bertz CT molecular complexity index is 786. The highest BCUT2D eigenvalue weighted by Crippen LogP contribution is 2.27. The van der Waals surface area contributed by atoms with Gasteiger partial charge in [0.05, 0.1) is 24.4 Å². The number of nitrogens with zero attached hydrogens (tertiary/aromatic N) is 4. The zero-order valence-electron chi connectivity index (χ0n) is 12.2. The minimum Gasteiger partial charge on any atom is -0.398 e. The number of imidazole rings is 1. The van der Waals surface area contributed by atoms with Gasteiger partial charge in [-0.1, -0.05) is 6.07 Å². The van der Waals surface area contributed by atoms with Crippen LogP contribution in [0.4, 0.5) is 5.69 Å². The number of nitrogen functional groups attached to an aromatic ring is 1. The molecule has 2 aromatic heterocycles. The lowest BCUT2D eigenvalue weighted by molar-refractivity contribution is 0.201. The number of aromatic nitrogens is 4. The molecule has 0 spiro atoms. The van der Waals surface area contributed by atoms with Crippen molar-refractivity contribution in [1.82, 2.24) is 19.5 Å². The van der Waals surface area contributed by atoms with Gasteiger partial charge in [-0.15, -0.1) is 0 Å². The molecule has 3 aromatic rings. The highest BCUT2D eigenvalue weighted by atomic mass is 16.5. The van der Waals surface area contributed by atoms with E-state index in [2.05, 4.69) is 15.0 Å². The Morgan fingerprint density at radius 3 is 2.86 bits per heavy atom. The lowest BCUT2D eigenvalue weighted by Gasteiger charge is -2.12. The van der Waals surface area contributed by atoms with Crippen LogP contribution in [0, 0.1) is 0 Å². The second kappa shape index (κ2) is 6.08. The van der Waals surface area contributed by atoms with Gasteiger partial charge in [-0.25, -0.2) is 15.0 Å². The molecule has 3 rings (SSSR count). The molecule has 22 heavy (non-hydrogen) atoms. The van der Waals surface area contributed by atoms with Gasteiger partial charge in [-0.05, 0) is 6.07 Å². The molecule has 0 aliphatic heterocycles. The largest absolute Gasteiger partial charge is 0.398 e. The van der Waals surface area contributed by atoms with Gasteiger partial charge >= 0.3 is 0 Å². The molecule has 7 nitrogen and oxygen atoms in total. The summed E-state index contributed by atoms with van der Waals surface area (Å²) in [5, 5.41) is 10.2. The summed E-state index contributed by atoms with van der Waals surface area (Å²) >= 11 is 0. The van der Waals surface area contributed by atoms with E-state index in [0.717, 1.165) is 16.6 Å². The first-order chi connectivity index (χ1) is 10.7. The van der Waals surface area contributed by atoms with E-state index in [1.165, 1.54) is 0 Å². The molecule has 1 aromatic carbocycles. The van der Waals surface area contributed by atoms with Crippen LogP contribution in [-0.2, 0) is 17.8 Å². The number of methoxy groups -OCH3 is 1. The van der Waals surface area contributed by atoms with Crippen LogP contribution >= 0.6 is 0 Å². The summed E-state index contributed by atoms with van der Waals surface area (Å²) in [5.74, 6) is 0.534. The Hall–Kier alpha value is -2.51. The normalized spacial score (nSPS) is 11.2. The Labute approximate surface area is 127 Å². The maximum atomic E-state index is 9.39. The fraction of sp³-hybridized carbons (Fsp3) is 0.267. The number of fused-ring (bicyclic) bond motifs is 1. The zero-order chi connectivity index (χ0) is 15.5. The van der Waals surface area contributed by atoms with Gasteiger partial charge in [0.1, 0.15) is 6.33 Å². The number of nitrogens with two attached hydrogens (primary N) is 1. The third kappa shape index (κ3) is 2.51. The van der Waals surface area contributed by atoms with Crippen molar-refractivity contribution in [3.8, 4) is 5.95 Å². The van der Waals surface area contributed by atoms with E-state index in [-0.39, 0.29) is 6.61 Å². The van der Waals surface area contributed by atoms with Gasteiger partial charge in [0, 0.05) is 42.6 Å². The lowest BCUT2D eigenvalue weighted by Crippen LogP contribution is -2.08. The van der Waals surface area contributed by atoms with Crippen molar-refractivity contribution < 1.29 is 9.84 Å². The Balaban J connectivity index is 2.23. The molecule has 0 saturated carbocycles. The van der Waals surface area contributed by atoms with Crippen molar-refractivity contribution >= 4 is 16.6 Å². The van der Waals surface area contributed by atoms with Gasteiger partial charge in [-0.2, -0.15) is 0 Å². The number of ether oxygens (including phenoxy) is 1. The average molecular weight is 299 g/mol. The smallest absolute Gasteiger partial charge is 0.235 e. The number of aliphatic hydroxyl groups is 1. The molecule has 0 atom stereocenters. The lowest BCUT2D eigenvalue weighted by atomic mass is 10.1. The van der Waals surface area contributed by atoms with Crippen LogP contribution in [0.2, 0.25) is 0 Å². The predicted molar refractivity (Wildman–Crippen MR) is 82.6 cm³/mol. The zero-order valence-corrected chi connectivity index (χ0v) is 12.2. The minimum absolute atomic E-state index is 0.116. The highest BCUT2D eigenvalue weighted by Gasteiger charge is 2.14. The fourth-order valence-corrected chi connectivity index (χ4v) is 2.37. The Morgan fingerprint density at radius 1 is 1.32 bits per heavy atom. The summed E-state index contributed by atoms with van der Waals surface area (Å²) < 4.78 is 6.89. The van der Waals surface area contributed by atoms with E-state index in [0.29, 0.717) is 30.2 Å². The first kappa shape index (κ1) is 14.4. The maximum Gasteiger partial charge on any atom is 0.235 e. The molecular formula is C15H17N5O2. The van der Waals surface area contributed by atoms with Gasteiger partial charge < -0.3 is 15.6 Å². The molecule has 0 aliphatic rings. The van der Waals surface area contributed by atoms with Crippen LogP contribution in [0.3, 0.4) is 0 Å². The first-order valence-electron chi connectivity index (χ1n) is 6.90. The van der Waals surface area contributed by atoms with Gasteiger partial charge in [-0.3, -0.25) is 4.57 Å². The molecule has 7 heteroatoms. The number of rotatable bonds is 5. The molecule has 3 N–H and O–H groups in total. The molecule has 0 unspecified atom stereocenters. The molecule has 0 fully saturated rings. The van der Waals surface area contributed by atoms with Crippen molar-refractivity contribution in [1.29, 1.82) is 0 Å². The summed E-state index contributed by atoms with van der Waals surface area (Å²) in [6.07, 6.45) is 5.71. The minimum atomic E-state index is -0.116. The van der Waals surface area contributed by atoms with Gasteiger partial charge in [0.2, 0.25) is 5.95 Å². The van der Waals surface area contributed by atoms with Crippen LogP contribution in [0.15, 0.2) is 30.9 Å². The second-order valence-corrected chi connectivity index (χ2v) is 4.87. The Morgan fingerprint density at radius 2 is 2.18 bits per heavy atom. The molecule has 0 radical (unpaired) electrons. The molecular weight excluding hydrogens is 282 g/mol. The molecule has 0 saturated heterocycles. The predicted octanol–water partition coefficient (Wildman–Crippen LogP) is 1.08. The number of aliphatic hydroxyl groups excluding tert-OH is 1. The standard InChI is InChI=1S/C15H17N5O2/c1-22-7-4-12-13-11(3-2-10(8-21)14(13)16)18-15(19-12)20-6-5-17-9-20/h2-3,5-6,9,21H,4,7-8,16H2,1H3. The summed E-state index contributed by atoms with van der Waals surface area (Å²) in [4.78, 5) is 13.1. The van der Waals surface area contributed by atoms with Crippen LogP contribution in [-0.4, -0.2) is 38.3 Å². The second-order valence-electron chi connectivity index (χ2n) is 4.87. The highest BCUT2D eigenvalue weighted by molar-refractivity contribution is 5.94. The summed E-state index contributed by atoms with van der Waals surface area (Å²) in [6.45, 7) is 0.410. The van der Waals surface area contributed by atoms with E-state index in [4.69, 9.17) is 10.5 Å². The van der Waals surface area contributed by atoms with Crippen LogP contribution in [0.25, 0.3) is 16.9 Å². The third-order valence-electron chi connectivity index (χ3n) is 3.51. The van der Waals surface area contributed by atoms with Crippen molar-refractivity contribution in [2.75, 3.05) is 19.5 Å². The quantitative estimate of drug-likeness (QED) is 0.684. The summed E-state index contributed by atoms with van der Waals surface area (Å²) in [5.41, 5.74) is 8.89. The molecule has 0 bridgehead atoms. The van der Waals surface area contributed by atoms with E-state index >= 15 is 0 Å². The van der Waals surface area contributed by atoms with Crippen LogP contribution < -0.4 is 5.73 Å². The van der Waals surface area contributed by atoms with Gasteiger partial charge in [0.15, 0.2) is 0 Å². The monoisotopic (exact) mass is 299 g/mol. The van der Waals surface area contributed by atoms with Crippen molar-refractivity contribution in [3.05, 3.63) is 42.1 Å². The van der Waals surface area contributed by atoms with Gasteiger partial charge in [0.25, 0.3) is 0 Å². The fourth-order valence-electron chi connectivity index (χ4n) is 2.37. The van der Waals surface area contributed by atoms with Crippen LogP contribution in [0.1, 0.15) is 11.3 Å². The third-order valence-corrected chi connectivity index (χ3v) is 3.51. The van der Waals surface area contributed by atoms with E-state index in [9.17, 15) is 5.11 Å². The number of hydrogen-bond acceptors (Lipinski definition) is 6. The topological polar surface area (TPSA) is 99.1 Å². The average Bonchev–Trinajstić information content (AvgIpc) is 3.07. The molecule has 2 heterocycles. The molecule has 0 amide bonds. The Kier molecular flexibility index (Phi) is 3.99. The maximum absolute atomic E-state index is 9.39. The van der Waals surface area contributed by atoms with Crippen molar-refractivity contribution in [3.63, 3.8) is 0 Å².